The summed E-state index contributed by atoms with van der Waals surface area (Å²) in [6, 6.07) is 21.3. The number of hydrogen-bond acceptors (Lipinski definition) is 0. The van der Waals surface area contributed by atoms with Crippen molar-refractivity contribution in [1.82, 2.24) is 0 Å². The molecule has 0 N–H and O–H groups in total. The van der Waals surface area contributed by atoms with Gasteiger partial charge in [0, 0.05) is 0 Å². The van der Waals surface area contributed by atoms with Crippen LogP contribution in [0.5, 0.6) is 0 Å². The minimum Gasteiger partial charge on any atom is -0.103 e. The van der Waals surface area contributed by atoms with E-state index in [-0.39, 0.29) is 0 Å². The number of rotatable bonds is 7. The zero-order chi connectivity index (χ0) is 17.4. The zero-order valence-corrected chi connectivity index (χ0v) is 16.1. The van der Waals surface area contributed by atoms with Crippen LogP contribution in [0.2, 0.25) is 19.6 Å². The SMILES string of the molecule is C=CC/C(=C(\C/C=C/c1ccccc1)c1ccccc1)[Si](C)(C)C. The highest BCUT2D eigenvalue weighted by atomic mass is 28.3. The minimum absolute atomic E-state index is 0.965. The summed E-state index contributed by atoms with van der Waals surface area (Å²) in [4.78, 5) is 0. The molecular formula is C23H28Si. The molecule has 0 spiro atoms. The maximum absolute atomic E-state index is 3.99. The normalized spacial score (nSPS) is 13.0. The fraction of sp³-hybridized carbons (Fsp3) is 0.217. The summed E-state index contributed by atoms with van der Waals surface area (Å²) >= 11 is 0. The lowest BCUT2D eigenvalue weighted by Gasteiger charge is -2.25. The first-order valence-electron chi connectivity index (χ1n) is 8.63. The van der Waals surface area contributed by atoms with Crippen molar-refractivity contribution >= 4 is 19.7 Å². The Balaban J connectivity index is 2.40. The van der Waals surface area contributed by atoms with Gasteiger partial charge in [0.1, 0.15) is 0 Å². The third-order valence-corrected chi connectivity index (χ3v) is 6.49. The summed E-state index contributed by atoms with van der Waals surface area (Å²) in [5.41, 5.74) is 4.07. The summed E-state index contributed by atoms with van der Waals surface area (Å²) in [7, 11) is -1.41. The molecule has 0 aromatic heterocycles. The number of hydrogen-bond donors (Lipinski definition) is 0. The molecule has 0 aliphatic rings. The molecule has 0 heterocycles. The van der Waals surface area contributed by atoms with E-state index in [2.05, 4.69) is 105 Å². The van der Waals surface area contributed by atoms with Gasteiger partial charge in [0.15, 0.2) is 0 Å². The molecular weight excluding hydrogens is 304 g/mol. The van der Waals surface area contributed by atoms with Crippen LogP contribution in [0.4, 0.5) is 0 Å². The monoisotopic (exact) mass is 332 g/mol. The van der Waals surface area contributed by atoms with Gasteiger partial charge in [-0.1, -0.05) is 104 Å². The maximum Gasteiger partial charge on any atom is 0.0732 e. The molecule has 124 valence electrons. The highest BCUT2D eigenvalue weighted by Crippen LogP contribution is 2.31. The molecule has 24 heavy (non-hydrogen) atoms. The van der Waals surface area contributed by atoms with Gasteiger partial charge in [0.2, 0.25) is 0 Å². The molecule has 1 heteroatoms. The van der Waals surface area contributed by atoms with Crippen LogP contribution >= 0.6 is 0 Å². The van der Waals surface area contributed by atoms with Crippen LogP contribution in [0.15, 0.2) is 84.6 Å². The average molecular weight is 333 g/mol. The summed E-state index contributed by atoms with van der Waals surface area (Å²) in [6.45, 7) is 11.3. The van der Waals surface area contributed by atoms with Crippen molar-refractivity contribution in [3.8, 4) is 0 Å². The smallest absolute Gasteiger partial charge is 0.0732 e. The first-order valence-corrected chi connectivity index (χ1v) is 12.1. The van der Waals surface area contributed by atoms with Gasteiger partial charge in [-0.05, 0) is 29.5 Å². The first-order chi connectivity index (χ1) is 11.5. The molecule has 0 nitrogen and oxygen atoms in total. The quantitative estimate of drug-likeness (QED) is 0.378. The van der Waals surface area contributed by atoms with Crippen molar-refractivity contribution in [2.24, 2.45) is 0 Å². The molecule has 2 aromatic rings. The van der Waals surface area contributed by atoms with Crippen LogP contribution in [0.25, 0.3) is 11.6 Å². The van der Waals surface area contributed by atoms with Crippen molar-refractivity contribution in [1.29, 1.82) is 0 Å². The van der Waals surface area contributed by atoms with E-state index >= 15 is 0 Å². The van der Waals surface area contributed by atoms with Crippen LogP contribution < -0.4 is 0 Å². The summed E-state index contributed by atoms with van der Waals surface area (Å²) in [6.07, 6.45) is 8.52. The molecule has 0 radical (unpaired) electrons. The highest BCUT2D eigenvalue weighted by Gasteiger charge is 2.22. The van der Waals surface area contributed by atoms with Crippen molar-refractivity contribution in [2.75, 3.05) is 0 Å². The van der Waals surface area contributed by atoms with E-state index in [4.69, 9.17) is 0 Å². The number of allylic oxidation sites excluding steroid dienone is 4. The van der Waals surface area contributed by atoms with Gasteiger partial charge in [-0.15, -0.1) is 6.58 Å². The summed E-state index contributed by atoms with van der Waals surface area (Å²) in [5.74, 6) is 0. The van der Waals surface area contributed by atoms with E-state index in [1.165, 1.54) is 16.7 Å². The van der Waals surface area contributed by atoms with Gasteiger partial charge in [-0.2, -0.15) is 0 Å². The third kappa shape index (κ3) is 5.21. The van der Waals surface area contributed by atoms with Crippen LogP contribution in [0.1, 0.15) is 24.0 Å². The Kier molecular flexibility index (Phi) is 6.57. The van der Waals surface area contributed by atoms with Crippen LogP contribution in [0.3, 0.4) is 0 Å². The fourth-order valence-electron chi connectivity index (χ4n) is 2.96. The molecule has 0 amide bonds. The summed E-state index contributed by atoms with van der Waals surface area (Å²) < 4.78 is 0. The predicted molar refractivity (Wildman–Crippen MR) is 112 cm³/mol. The Labute approximate surface area is 148 Å². The van der Waals surface area contributed by atoms with Gasteiger partial charge in [0.05, 0.1) is 8.07 Å². The van der Waals surface area contributed by atoms with Gasteiger partial charge in [-0.25, -0.2) is 0 Å². The molecule has 0 aliphatic heterocycles. The van der Waals surface area contributed by atoms with Gasteiger partial charge in [-0.3, -0.25) is 0 Å². The van der Waals surface area contributed by atoms with Crippen LogP contribution in [-0.2, 0) is 0 Å². The van der Waals surface area contributed by atoms with Crippen LogP contribution in [-0.4, -0.2) is 8.07 Å². The van der Waals surface area contributed by atoms with Crippen molar-refractivity contribution in [2.45, 2.75) is 32.5 Å². The Hall–Kier alpha value is -2.12. The second-order valence-corrected chi connectivity index (χ2v) is 12.2. The second-order valence-electron chi connectivity index (χ2n) is 7.08. The van der Waals surface area contributed by atoms with Gasteiger partial charge in [0.25, 0.3) is 0 Å². The molecule has 2 aromatic carbocycles. The largest absolute Gasteiger partial charge is 0.103 e. The van der Waals surface area contributed by atoms with E-state index in [1.807, 2.05) is 0 Å². The lowest BCUT2D eigenvalue weighted by atomic mass is 10.0. The Morgan fingerprint density at radius 3 is 2.00 bits per heavy atom. The Morgan fingerprint density at radius 1 is 0.875 bits per heavy atom. The first kappa shape index (κ1) is 18.2. The van der Waals surface area contributed by atoms with E-state index in [9.17, 15) is 0 Å². The molecule has 0 saturated carbocycles. The molecule has 0 fully saturated rings. The topological polar surface area (TPSA) is 0 Å². The molecule has 0 aliphatic carbocycles. The minimum atomic E-state index is -1.41. The zero-order valence-electron chi connectivity index (χ0n) is 15.1. The lowest BCUT2D eigenvalue weighted by Crippen LogP contribution is -2.25. The molecule has 0 bridgehead atoms. The Morgan fingerprint density at radius 2 is 1.46 bits per heavy atom. The fourth-order valence-corrected chi connectivity index (χ4v) is 4.87. The van der Waals surface area contributed by atoms with E-state index in [1.54, 1.807) is 5.20 Å². The van der Waals surface area contributed by atoms with Crippen LogP contribution in [0, 0.1) is 0 Å². The Bertz CT molecular complexity index is 701. The molecule has 0 saturated heterocycles. The highest BCUT2D eigenvalue weighted by molar-refractivity contribution is 6.84. The predicted octanol–water partition coefficient (Wildman–Crippen LogP) is 7.00. The van der Waals surface area contributed by atoms with Crippen molar-refractivity contribution in [3.05, 3.63) is 95.7 Å². The number of benzene rings is 2. The van der Waals surface area contributed by atoms with Gasteiger partial charge < -0.3 is 0 Å². The van der Waals surface area contributed by atoms with Crippen molar-refractivity contribution in [3.63, 3.8) is 0 Å². The van der Waals surface area contributed by atoms with Gasteiger partial charge >= 0.3 is 0 Å². The van der Waals surface area contributed by atoms with E-state index < -0.39 is 8.07 Å². The lowest BCUT2D eigenvalue weighted by molar-refractivity contribution is 1.26. The van der Waals surface area contributed by atoms with E-state index in [0.717, 1.165) is 12.8 Å². The third-order valence-electron chi connectivity index (χ3n) is 4.17. The average Bonchev–Trinajstić information content (AvgIpc) is 2.58. The summed E-state index contributed by atoms with van der Waals surface area (Å²) in [5, 5.41) is 1.60. The molecule has 0 atom stereocenters. The maximum atomic E-state index is 3.99. The second kappa shape index (κ2) is 8.65. The van der Waals surface area contributed by atoms with E-state index in [0.29, 0.717) is 0 Å². The molecule has 0 unspecified atom stereocenters. The van der Waals surface area contributed by atoms with Crippen molar-refractivity contribution < 1.29 is 0 Å². The molecule has 2 rings (SSSR count). The standard InChI is InChI=1S/C23H28Si/c1-5-13-23(24(2,3)4)22(21-17-10-7-11-18-21)19-12-16-20-14-8-6-9-15-20/h5-12,14-18H,1,13,19H2,2-4H3/b16-12+,23-22-.